The smallest absolute Gasteiger partial charge is 0.00683 e. The molecular weight excluding hydrogens is 158 g/mol. The summed E-state index contributed by atoms with van der Waals surface area (Å²) in [7, 11) is 0. The Kier molecular flexibility index (Phi) is 4.84. The van der Waals surface area contributed by atoms with E-state index in [4.69, 9.17) is 0 Å². The third-order valence-electron chi connectivity index (χ3n) is 2.39. The lowest BCUT2D eigenvalue weighted by molar-refractivity contribution is 0.690. The molecule has 0 atom stereocenters. The van der Waals surface area contributed by atoms with E-state index in [9.17, 15) is 0 Å². The van der Waals surface area contributed by atoms with Crippen molar-refractivity contribution >= 4 is 0 Å². The van der Waals surface area contributed by atoms with Gasteiger partial charge in [0.2, 0.25) is 0 Å². The molecule has 0 saturated heterocycles. The first-order chi connectivity index (χ1) is 6.33. The quantitative estimate of drug-likeness (QED) is 0.468. The number of allylic oxidation sites excluding steroid dienone is 2. The van der Waals surface area contributed by atoms with E-state index in [1.807, 2.05) is 0 Å². The molecule has 1 saturated carbocycles. The molecule has 0 unspecified atom stereocenters. The molecule has 74 valence electrons. The summed E-state index contributed by atoms with van der Waals surface area (Å²) in [4.78, 5) is 0. The van der Waals surface area contributed by atoms with Crippen molar-refractivity contribution < 1.29 is 0 Å². The number of nitrogens with one attached hydrogen (secondary N) is 1. The Balaban J connectivity index is 1.88. The standard InChI is InChI=1S/C12H21N/c1-3-11(2)7-5-4-6-10-13-12-8-9-12/h4-5,12-13H,2-3,6-10H2,1H3. The van der Waals surface area contributed by atoms with Crippen LogP contribution in [0.1, 0.15) is 39.0 Å². The van der Waals surface area contributed by atoms with Gasteiger partial charge in [0.15, 0.2) is 0 Å². The fourth-order valence-electron chi connectivity index (χ4n) is 1.17. The molecule has 0 bridgehead atoms. The molecule has 1 fully saturated rings. The summed E-state index contributed by atoms with van der Waals surface area (Å²) in [5.74, 6) is 0. The summed E-state index contributed by atoms with van der Waals surface area (Å²) >= 11 is 0. The summed E-state index contributed by atoms with van der Waals surface area (Å²) in [6.45, 7) is 7.26. The molecule has 1 nitrogen and oxygen atoms in total. The van der Waals surface area contributed by atoms with Gasteiger partial charge in [0.1, 0.15) is 0 Å². The van der Waals surface area contributed by atoms with Gasteiger partial charge >= 0.3 is 0 Å². The highest BCUT2D eigenvalue weighted by atomic mass is 14.9. The van der Waals surface area contributed by atoms with Crippen molar-refractivity contribution in [1.82, 2.24) is 5.32 Å². The van der Waals surface area contributed by atoms with Crippen LogP contribution in [0, 0.1) is 0 Å². The lowest BCUT2D eigenvalue weighted by atomic mass is 10.1. The van der Waals surface area contributed by atoms with Crippen molar-refractivity contribution in [2.24, 2.45) is 0 Å². The largest absolute Gasteiger partial charge is 0.314 e. The second-order valence-electron chi connectivity index (χ2n) is 3.80. The predicted molar refractivity (Wildman–Crippen MR) is 58.8 cm³/mol. The maximum atomic E-state index is 3.96. The molecule has 13 heavy (non-hydrogen) atoms. The van der Waals surface area contributed by atoms with E-state index >= 15 is 0 Å². The van der Waals surface area contributed by atoms with Crippen LogP contribution < -0.4 is 5.32 Å². The van der Waals surface area contributed by atoms with Gasteiger partial charge in [-0.25, -0.2) is 0 Å². The maximum Gasteiger partial charge on any atom is 0.00683 e. The summed E-state index contributed by atoms with van der Waals surface area (Å²) in [6, 6.07) is 0.846. The van der Waals surface area contributed by atoms with Gasteiger partial charge in [-0.2, -0.15) is 0 Å². The third kappa shape index (κ3) is 5.64. The fourth-order valence-corrected chi connectivity index (χ4v) is 1.17. The first-order valence-electron chi connectivity index (χ1n) is 5.38. The first-order valence-corrected chi connectivity index (χ1v) is 5.38. The Labute approximate surface area is 81.9 Å². The molecule has 0 amide bonds. The van der Waals surface area contributed by atoms with E-state index < -0.39 is 0 Å². The minimum Gasteiger partial charge on any atom is -0.314 e. The third-order valence-corrected chi connectivity index (χ3v) is 2.39. The molecule has 0 spiro atoms. The van der Waals surface area contributed by atoms with Gasteiger partial charge < -0.3 is 5.32 Å². The topological polar surface area (TPSA) is 12.0 Å². The van der Waals surface area contributed by atoms with Gasteiger partial charge in [-0.05, 0) is 38.6 Å². The van der Waals surface area contributed by atoms with Crippen LogP contribution in [0.3, 0.4) is 0 Å². The zero-order valence-corrected chi connectivity index (χ0v) is 8.68. The van der Waals surface area contributed by atoms with Crippen molar-refractivity contribution in [2.45, 2.75) is 45.1 Å². The second-order valence-corrected chi connectivity index (χ2v) is 3.80. The van der Waals surface area contributed by atoms with Gasteiger partial charge in [0.25, 0.3) is 0 Å². The minimum atomic E-state index is 0.846. The summed E-state index contributed by atoms with van der Waals surface area (Å²) in [5, 5.41) is 3.49. The molecule has 0 heterocycles. The highest BCUT2D eigenvalue weighted by Gasteiger charge is 2.19. The summed E-state index contributed by atoms with van der Waals surface area (Å²) in [6.07, 6.45) is 10.6. The van der Waals surface area contributed by atoms with E-state index in [2.05, 4.69) is 31.0 Å². The van der Waals surface area contributed by atoms with E-state index in [1.165, 1.54) is 18.4 Å². The Hall–Kier alpha value is -0.560. The van der Waals surface area contributed by atoms with Crippen LogP contribution in [0.15, 0.2) is 24.3 Å². The molecule has 0 aromatic rings. The molecule has 1 heteroatoms. The Morgan fingerprint density at radius 3 is 2.85 bits per heavy atom. The van der Waals surface area contributed by atoms with Crippen molar-refractivity contribution in [3.8, 4) is 0 Å². The SMILES string of the molecule is C=C(CC)CC=CCCNC1CC1. The van der Waals surface area contributed by atoms with Gasteiger partial charge in [-0.15, -0.1) is 0 Å². The molecule has 0 aliphatic heterocycles. The summed E-state index contributed by atoms with van der Waals surface area (Å²) in [5.41, 5.74) is 1.33. The monoisotopic (exact) mass is 179 g/mol. The first kappa shape index (κ1) is 10.5. The molecule has 0 aromatic heterocycles. The molecule has 1 aliphatic carbocycles. The summed E-state index contributed by atoms with van der Waals surface area (Å²) < 4.78 is 0. The second kappa shape index (κ2) is 5.98. The number of hydrogen-bond donors (Lipinski definition) is 1. The highest BCUT2D eigenvalue weighted by Crippen LogP contribution is 2.18. The molecule has 0 aromatic carbocycles. The molecule has 1 aliphatic rings. The van der Waals surface area contributed by atoms with Crippen molar-refractivity contribution in [1.29, 1.82) is 0 Å². The van der Waals surface area contributed by atoms with Crippen LogP contribution in [0.25, 0.3) is 0 Å². The van der Waals surface area contributed by atoms with Gasteiger partial charge in [0, 0.05) is 6.04 Å². The van der Waals surface area contributed by atoms with Crippen LogP contribution >= 0.6 is 0 Å². The average Bonchev–Trinajstić information content (AvgIpc) is 2.94. The Morgan fingerprint density at radius 2 is 2.23 bits per heavy atom. The van der Waals surface area contributed by atoms with Crippen LogP contribution in [0.2, 0.25) is 0 Å². The molecule has 1 N–H and O–H groups in total. The van der Waals surface area contributed by atoms with Gasteiger partial charge in [-0.3, -0.25) is 0 Å². The van der Waals surface area contributed by atoms with Gasteiger partial charge in [-0.1, -0.05) is 31.2 Å². The van der Waals surface area contributed by atoms with E-state index in [-0.39, 0.29) is 0 Å². The van der Waals surface area contributed by atoms with Gasteiger partial charge in [0.05, 0.1) is 0 Å². The average molecular weight is 179 g/mol. The van der Waals surface area contributed by atoms with Crippen LogP contribution in [-0.2, 0) is 0 Å². The molecular formula is C12H21N. The number of rotatable bonds is 7. The highest BCUT2D eigenvalue weighted by molar-refractivity contribution is 5.01. The van der Waals surface area contributed by atoms with Crippen LogP contribution in [-0.4, -0.2) is 12.6 Å². The van der Waals surface area contributed by atoms with Crippen molar-refractivity contribution in [3.63, 3.8) is 0 Å². The Bertz CT molecular complexity index is 178. The maximum absolute atomic E-state index is 3.96. The van der Waals surface area contributed by atoms with Crippen LogP contribution in [0.5, 0.6) is 0 Å². The zero-order valence-electron chi connectivity index (χ0n) is 8.68. The fraction of sp³-hybridized carbons (Fsp3) is 0.667. The molecule has 0 radical (unpaired) electrons. The Morgan fingerprint density at radius 1 is 1.46 bits per heavy atom. The minimum absolute atomic E-state index is 0.846. The van der Waals surface area contributed by atoms with Crippen molar-refractivity contribution in [3.05, 3.63) is 24.3 Å². The van der Waals surface area contributed by atoms with E-state index in [0.29, 0.717) is 0 Å². The normalized spacial score (nSPS) is 16.7. The van der Waals surface area contributed by atoms with E-state index in [1.54, 1.807) is 0 Å². The molecule has 1 rings (SSSR count). The van der Waals surface area contributed by atoms with Crippen molar-refractivity contribution in [2.75, 3.05) is 6.54 Å². The van der Waals surface area contributed by atoms with E-state index in [0.717, 1.165) is 31.8 Å². The number of hydrogen-bond acceptors (Lipinski definition) is 1. The lowest BCUT2D eigenvalue weighted by Gasteiger charge is -1.98. The predicted octanol–water partition coefficient (Wildman–Crippen LogP) is 3.04. The van der Waals surface area contributed by atoms with Crippen LogP contribution in [0.4, 0.5) is 0 Å². The zero-order chi connectivity index (χ0) is 9.52. The lowest BCUT2D eigenvalue weighted by Crippen LogP contribution is -2.16.